The molecule has 0 unspecified atom stereocenters. The summed E-state index contributed by atoms with van der Waals surface area (Å²) in [4.78, 5) is 0. The summed E-state index contributed by atoms with van der Waals surface area (Å²) in [6.45, 7) is 0.0320. The molecule has 2 rings (SSSR count). The van der Waals surface area contributed by atoms with Gasteiger partial charge in [-0.1, -0.05) is 18.2 Å². The second-order valence-corrected chi connectivity index (χ2v) is 4.06. The number of halogens is 3. The molecule has 0 spiro atoms. The Labute approximate surface area is 114 Å². The van der Waals surface area contributed by atoms with Crippen molar-refractivity contribution in [1.82, 2.24) is 0 Å². The summed E-state index contributed by atoms with van der Waals surface area (Å²) in [5, 5.41) is 0. The topological polar surface area (TPSA) is 18.5 Å². The Kier molecular flexibility index (Phi) is 4.17. The molecular weight excluding hydrogens is 269 g/mol. The van der Waals surface area contributed by atoms with Crippen molar-refractivity contribution < 1.29 is 22.6 Å². The second kappa shape index (κ2) is 5.86. The molecule has 2 aromatic carbocycles. The van der Waals surface area contributed by atoms with Crippen LogP contribution in [0.4, 0.5) is 13.2 Å². The summed E-state index contributed by atoms with van der Waals surface area (Å²) in [6.07, 6.45) is -4.35. The van der Waals surface area contributed by atoms with Gasteiger partial charge >= 0.3 is 6.18 Å². The minimum Gasteiger partial charge on any atom is -0.493 e. The van der Waals surface area contributed by atoms with Crippen LogP contribution in [0.5, 0.6) is 11.5 Å². The second-order valence-electron chi connectivity index (χ2n) is 4.06. The van der Waals surface area contributed by atoms with Gasteiger partial charge in [0.2, 0.25) is 0 Å². The predicted molar refractivity (Wildman–Crippen MR) is 67.6 cm³/mol. The Bertz CT molecular complexity index is 579. The van der Waals surface area contributed by atoms with Gasteiger partial charge in [-0.3, -0.25) is 0 Å². The van der Waals surface area contributed by atoms with E-state index in [0.29, 0.717) is 17.1 Å². The van der Waals surface area contributed by atoms with Crippen molar-refractivity contribution in [1.29, 1.82) is 0 Å². The fourth-order valence-electron chi connectivity index (χ4n) is 1.68. The van der Waals surface area contributed by atoms with Crippen LogP contribution in [0.1, 0.15) is 11.1 Å². The summed E-state index contributed by atoms with van der Waals surface area (Å²) >= 11 is 0. The molecule has 0 N–H and O–H groups in total. The maximum absolute atomic E-state index is 12.6. The molecular formula is C15H12F3O2. The first kappa shape index (κ1) is 14.2. The van der Waals surface area contributed by atoms with E-state index < -0.39 is 11.7 Å². The lowest BCUT2D eigenvalue weighted by Gasteiger charge is -2.12. The van der Waals surface area contributed by atoms with Gasteiger partial charge in [-0.25, -0.2) is 0 Å². The highest BCUT2D eigenvalue weighted by Gasteiger charge is 2.30. The van der Waals surface area contributed by atoms with Gasteiger partial charge in [0.05, 0.1) is 12.7 Å². The van der Waals surface area contributed by atoms with Gasteiger partial charge in [-0.15, -0.1) is 0 Å². The van der Waals surface area contributed by atoms with Crippen LogP contribution in [-0.4, -0.2) is 7.11 Å². The van der Waals surface area contributed by atoms with Gasteiger partial charge in [-0.2, -0.15) is 13.2 Å². The third-order valence-corrected chi connectivity index (χ3v) is 2.66. The summed E-state index contributed by atoms with van der Waals surface area (Å²) in [7, 11) is 1.49. The van der Waals surface area contributed by atoms with E-state index in [1.54, 1.807) is 24.3 Å². The van der Waals surface area contributed by atoms with Crippen LogP contribution in [0.25, 0.3) is 0 Å². The molecule has 1 radical (unpaired) electrons. The number of methoxy groups -OCH3 is 1. The zero-order chi connectivity index (χ0) is 14.6. The smallest absolute Gasteiger partial charge is 0.416 e. The van der Waals surface area contributed by atoms with Crippen LogP contribution < -0.4 is 9.47 Å². The molecule has 0 aliphatic heterocycles. The maximum Gasteiger partial charge on any atom is 0.416 e. The highest BCUT2D eigenvalue weighted by atomic mass is 19.4. The molecule has 0 fully saturated rings. The molecule has 0 bridgehead atoms. The van der Waals surface area contributed by atoms with Crippen molar-refractivity contribution in [2.24, 2.45) is 0 Å². The van der Waals surface area contributed by atoms with E-state index in [9.17, 15) is 13.2 Å². The van der Waals surface area contributed by atoms with E-state index in [0.717, 1.165) is 12.1 Å². The molecule has 0 amide bonds. The minimum absolute atomic E-state index is 0.0320. The Morgan fingerprint density at radius 2 is 1.95 bits per heavy atom. The lowest BCUT2D eigenvalue weighted by atomic mass is 10.1. The molecule has 105 valence electrons. The van der Waals surface area contributed by atoms with Gasteiger partial charge in [-0.05, 0) is 35.9 Å². The monoisotopic (exact) mass is 281 g/mol. The molecule has 5 heteroatoms. The normalized spacial score (nSPS) is 11.2. The zero-order valence-corrected chi connectivity index (χ0v) is 10.7. The molecule has 2 aromatic rings. The lowest BCUT2D eigenvalue weighted by Crippen LogP contribution is -2.06. The van der Waals surface area contributed by atoms with Crippen LogP contribution in [0, 0.1) is 6.07 Å². The van der Waals surface area contributed by atoms with Crippen LogP contribution >= 0.6 is 0 Å². The zero-order valence-electron chi connectivity index (χ0n) is 10.7. The number of rotatable bonds is 4. The third kappa shape index (κ3) is 3.44. The van der Waals surface area contributed by atoms with Crippen molar-refractivity contribution in [2.75, 3.05) is 7.11 Å². The third-order valence-electron chi connectivity index (χ3n) is 2.66. The van der Waals surface area contributed by atoms with Gasteiger partial charge in [0.15, 0.2) is 11.5 Å². The molecule has 0 aromatic heterocycles. The highest BCUT2D eigenvalue weighted by Crippen LogP contribution is 2.30. The quantitative estimate of drug-likeness (QED) is 0.840. The van der Waals surface area contributed by atoms with E-state index in [2.05, 4.69) is 6.07 Å². The first-order valence-corrected chi connectivity index (χ1v) is 5.84. The number of benzene rings is 2. The van der Waals surface area contributed by atoms with E-state index in [1.807, 2.05) is 0 Å². The number of ether oxygens (including phenoxy) is 2. The molecule has 0 atom stereocenters. The van der Waals surface area contributed by atoms with Crippen molar-refractivity contribution in [3.05, 3.63) is 59.7 Å². The minimum atomic E-state index is -4.35. The molecule has 0 aliphatic carbocycles. The van der Waals surface area contributed by atoms with Crippen LogP contribution in [0.3, 0.4) is 0 Å². The molecule has 0 saturated carbocycles. The molecule has 20 heavy (non-hydrogen) atoms. The van der Waals surface area contributed by atoms with Crippen molar-refractivity contribution >= 4 is 0 Å². The van der Waals surface area contributed by atoms with Crippen molar-refractivity contribution in [2.45, 2.75) is 12.8 Å². The van der Waals surface area contributed by atoms with Gasteiger partial charge in [0.25, 0.3) is 0 Å². The fourth-order valence-corrected chi connectivity index (χ4v) is 1.68. The SMILES string of the molecule is COc1c[c]ccc1OCc1cccc(C(F)(F)F)c1. The Balaban J connectivity index is 2.11. The molecule has 2 nitrogen and oxygen atoms in total. The van der Waals surface area contributed by atoms with E-state index in [-0.39, 0.29) is 6.61 Å². The predicted octanol–water partition coefficient (Wildman–Crippen LogP) is 4.09. The van der Waals surface area contributed by atoms with Gasteiger partial charge in [0, 0.05) is 0 Å². The van der Waals surface area contributed by atoms with Crippen LogP contribution in [0.15, 0.2) is 42.5 Å². The van der Waals surface area contributed by atoms with E-state index in [4.69, 9.17) is 9.47 Å². The lowest BCUT2D eigenvalue weighted by molar-refractivity contribution is -0.137. The summed E-state index contributed by atoms with van der Waals surface area (Å²) in [5.74, 6) is 0.947. The summed E-state index contributed by atoms with van der Waals surface area (Å²) < 4.78 is 48.3. The van der Waals surface area contributed by atoms with Crippen molar-refractivity contribution in [3.63, 3.8) is 0 Å². The Hall–Kier alpha value is -2.17. The molecule has 0 heterocycles. The first-order valence-electron chi connectivity index (χ1n) is 5.84. The van der Waals surface area contributed by atoms with E-state index in [1.165, 1.54) is 13.2 Å². The Morgan fingerprint density at radius 1 is 1.15 bits per heavy atom. The van der Waals surface area contributed by atoms with Crippen LogP contribution in [0.2, 0.25) is 0 Å². The van der Waals surface area contributed by atoms with Crippen LogP contribution in [-0.2, 0) is 12.8 Å². The fraction of sp³-hybridized carbons (Fsp3) is 0.200. The molecule has 0 aliphatic rings. The van der Waals surface area contributed by atoms with Crippen molar-refractivity contribution in [3.8, 4) is 11.5 Å². The molecule has 0 saturated heterocycles. The van der Waals surface area contributed by atoms with Gasteiger partial charge in [0.1, 0.15) is 6.61 Å². The Morgan fingerprint density at radius 3 is 2.65 bits per heavy atom. The number of hydrogen-bond donors (Lipinski definition) is 0. The maximum atomic E-state index is 12.6. The van der Waals surface area contributed by atoms with E-state index >= 15 is 0 Å². The average Bonchev–Trinajstić information content (AvgIpc) is 2.45. The average molecular weight is 281 g/mol. The first-order chi connectivity index (χ1) is 9.50. The summed E-state index contributed by atoms with van der Waals surface area (Å²) in [5.41, 5.74) is -0.248. The summed E-state index contributed by atoms with van der Waals surface area (Å²) in [6, 6.07) is 12.8. The largest absolute Gasteiger partial charge is 0.493 e. The van der Waals surface area contributed by atoms with Gasteiger partial charge < -0.3 is 9.47 Å². The standard InChI is InChI=1S/C15H12F3O2/c1-19-13-7-2-3-8-14(13)20-10-11-5-4-6-12(9-11)15(16,17)18/h3-9H,10H2,1H3. The number of hydrogen-bond acceptors (Lipinski definition) is 2. The number of alkyl halides is 3. The highest BCUT2D eigenvalue weighted by molar-refractivity contribution is 5.39.